The van der Waals surface area contributed by atoms with Crippen LogP contribution < -0.4 is 20.7 Å². The zero-order valence-electron chi connectivity index (χ0n) is 16.7. The van der Waals surface area contributed by atoms with E-state index in [0.717, 1.165) is 5.56 Å². The summed E-state index contributed by atoms with van der Waals surface area (Å²) in [5, 5.41) is 8.92. The van der Waals surface area contributed by atoms with Crippen molar-refractivity contribution in [3.8, 4) is 5.75 Å². The van der Waals surface area contributed by atoms with Crippen molar-refractivity contribution >= 4 is 11.9 Å². The lowest BCUT2D eigenvalue weighted by atomic mass is 10.1. The van der Waals surface area contributed by atoms with Crippen LogP contribution >= 0.6 is 0 Å². The maximum atomic E-state index is 12.5. The molecule has 0 heterocycles. The Hall–Kier alpha value is -2.45. The van der Waals surface area contributed by atoms with E-state index in [1.54, 1.807) is 25.1 Å². The van der Waals surface area contributed by atoms with Gasteiger partial charge in [0, 0.05) is 31.1 Å². The molecule has 158 valence electrons. The molecule has 0 aliphatic rings. The molecular formula is C19H29F3N4O2. The zero-order valence-corrected chi connectivity index (χ0v) is 16.7. The number of guanidine groups is 1. The summed E-state index contributed by atoms with van der Waals surface area (Å²) in [6.07, 6.45) is -4.40. The van der Waals surface area contributed by atoms with Gasteiger partial charge in [-0.2, -0.15) is 13.2 Å². The molecule has 0 saturated carbocycles. The fourth-order valence-corrected chi connectivity index (χ4v) is 2.16. The Bertz CT molecular complexity index is 661. The second-order valence-electron chi connectivity index (χ2n) is 6.58. The van der Waals surface area contributed by atoms with Gasteiger partial charge in [-0.3, -0.25) is 4.79 Å². The van der Waals surface area contributed by atoms with Gasteiger partial charge in [-0.1, -0.05) is 26.0 Å². The molecule has 0 spiro atoms. The van der Waals surface area contributed by atoms with E-state index in [-0.39, 0.29) is 24.1 Å². The van der Waals surface area contributed by atoms with Gasteiger partial charge >= 0.3 is 6.18 Å². The summed E-state index contributed by atoms with van der Waals surface area (Å²) in [6.45, 7) is 7.65. The molecule has 1 aromatic rings. The van der Waals surface area contributed by atoms with Crippen LogP contribution in [-0.4, -0.2) is 44.3 Å². The predicted octanol–water partition coefficient (Wildman–Crippen LogP) is 2.76. The molecule has 0 bridgehead atoms. The van der Waals surface area contributed by atoms with Crippen molar-refractivity contribution in [2.24, 2.45) is 10.9 Å². The highest BCUT2D eigenvalue weighted by atomic mass is 19.4. The van der Waals surface area contributed by atoms with Crippen molar-refractivity contribution in [1.82, 2.24) is 16.0 Å². The van der Waals surface area contributed by atoms with Crippen LogP contribution in [0, 0.1) is 12.8 Å². The minimum atomic E-state index is -4.40. The molecule has 0 aliphatic carbocycles. The molecular weight excluding hydrogens is 373 g/mol. The van der Waals surface area contributed by atoms with Gasteiger partial charge in [-0.15, -0.1) is 0 Å². The molecule has 3 N–H and O–H groups in total. The molecule has 28 heavy (non-hydrogen) atoms. The monoisotopic (exact) mass is 402 g/mol. The Labute approximate surface area is 163 Å². The van der Waals surface area contributed by atoms with E-state index in [0.29, 0.717) is 31.2 Å². The standard InChI is InChI=1S/C19H29F3N4O2/c1-5-23-18(25-9-8-24-17(27)13(2)3)26-11-15-7-6-14(4)10-16(15)28-12-19(20,21)22/h6-7,10,13H,5,8-9,11-12H2,1-4H3,(H,24,27)(H2,23,25,26). The smallest absolute Gasteiger partial charge is 0.422 e. The number of nitrogens with zero attached hydrogens (tertiary/aromatic N) is 1. The lowest BCUT2D eigenvalue weighted by molar-refractivity contribution is -0.153. The molecule has 6 nitrogen and oxygen atoms in total. The van der Waals surface area contributed by atoms with Crippen LogP contribution in [-0.2, 0) is 11.3 Å². The van der Waals surface area contributed by atoms with Crippen molar-refractivity contribution in [2.75, 3.05) is 26.2 Å². The largest absolute Gasteiger partial charge is 0.484 e. The van der Waals surface area contributed by atoms with Crippen LogP contribution in [0.5, 0.6) is 5.75 Å². The normalized spacial score (nSPS) is 12.1. The first kappa shape index (κ1) is 23.6. The van der Waals surface area contributed by atoms with Crippen LogP contribution in [0.4, 0.5) is 13.2 Å². The fraction of sp³-hybridized carbons (Fsp3) is 0.579. The van der Waals surface area contributed by atoms with Crippen LogP contribution in [0.2, 0.25) is 0 Å². The SMILES string of the molecule is CCNC(=NCc1ccc(C)cc1OCC(F)(F)F)NCCNC(=O)C(C)C. The number of halogens is 3. The molecule has 1 rings (SSSR count). The summed E-state index contributed by atoms with van der Waals surface area (Å²) in [7, 11) is 0. The first-order valence-electron chi connectivity index (χ1n) is 9.21. The van der Waals surface area contributed by atoms with Crippen LogP contribution in [0.3, 0.4) is 0 Å². The molecule has 0 radical (unpaired) electrons. The molecule has 1 aromatic carbocycles. The summed E-state index contributed by atoms with van der Waals surface area (Å²) >= 11 is 0. The molecule has 0 aliphatic heterocycles. The molecule has 0 unspecified atom stereocenters. The number of alkyl halides is 3. The van der Waals surface area contributed by atoms with E-state index in [1.165, 1.54) is 0 Å². The van der Waals surface area contributed by atoms with Gasteiger partial charge in [0.2, 0.25) is 5.91 Å². The van der Waals surface area contributed by atoms with Crippen molar-refractivity contribution in [3.63, 3.8) is 0 Å². The molecule has 0 saturated heterocycles. The maximum Gasteiger partial charge on any atom is 0.422 e. The topological polar surface area (TPSA) is 74.8 Å². The second kappa shape index (κ2) is 11.4. The summed E-state index contributed by atoms with van der Waals surface area (Å²) in [6, 6.07) is 5.07. The number of carbonyl (C=O) groups excluding carboxylic acids is 1. The Morgan fingerprint density at radius 1 is 1.18 bits per heavy atom. The molecule has 0 atom stereocenters. The highest BCUT2D eigenvalue weighted by Crippen LogP contribution is 2.24. The van der Waals surface area contributed by atoms with Gasteiger partial charge < -0.3 is 20.7 Å². The van der Waals surface area contributed by atoms with Crippen molar-refractivity contribution in [2.45, 2.75) is 40.4 Å². The number of ether oxygens (including phenoxy) is 1. The van der Waals surface area contributed by atoms with Gasteiger partial charge in [0.25, 0.3) is 0 Å². The molecule has 1 amide bonds. The van der Waals surface area contributed by atoms with E-state index >= 15 is 0 Å². The van der Waals surface area contributed by atoms with Gasteiger partial charge in [0.15, 0.2) is 12.6 Å². The first-order chi connectivity index (χ1) is 13.1. The second-order valence-corrected chi connectivity index (χ2v) is 6.58. The average molecular weight is 402 g/mol. The highest BCUT2D eigenvalue weighted by molar-refractivity contribution is 5.80. The Morgan fingerprint density at radius 2 is 1.86 bits per heavy atom. The Kier molecular flexibility index (Phi) is 9.61. The van der Waals surface area contributed by atoms with Crippen molar-refractivity contribution in [1.29, 1.82) is 0 Å². The summed E-state index contributed by atoms with van der Waals surface area (Å²) < 4.78 is 42.3. The number of carbonyl (C=O) groups is 1. The quantitative estimate of drug-likeness (QED) is 0.337. The number of rotatable bonds is 9. The summed E-state index contributed by atoms with van der Waals surface area (Å²) in [5.74, 6) is 0.554. The van der Waals surface area contributed by atoms with E-state index in [9.17, 15) is 18.0 Å². The van der Waals surface area contributed by atoms with E-state index < -0.39 is 12.8 Å². The molecule has 0 fully saturated rings. The van der Waals surface area contributed by atoms with Gasteiger partial charge in [0.05, 0.1) is 6.54 Å². The zero-order chi connectivity index (χ0) is 21.2. The minimum Gasteiger partial charge on any atom is -0.484 e. The fourth-order valence-electron chi connectivity index (χ4n) is 2.16. The lowest BCUT2D eigenvalue weighted by Crippen LogP contribution is -2.42. The van der Waals surface area contributed by atoms with Gasteiger partial charge in [-0.05, 0) is 25.5 Å². The van der Waals surface area contributed by atoms with Gasteiger partial charge in [-0.25, -0.2) is 4.99 Å². The predicted molar refractivity (Wildman–Crippen MR) is 103 cm³/mol. The van der Waals surface area contributed by atoms with Crippen molar-refractivity contribution in [3.05, 3.63) is 29.3 Å². The van der Waals surface area contributed by atoms with E-state index in [4.69, 9.17) is 4.74 Å². The average Bonchev–Trinajstić information content (AvgIpc) is 2.61. The lowest BCUT2D eigenvalue weighted by Gasteiger charge is -2.15. The third-order valence-corrected chi connectivity index (χ3v) is 3.61. The number of hydrogen-bond donors (Lipinski definition) is 3. The maximum absolute atomic E-state index is 12.5. The van der Waals surface area contributed by atoms with Crippen LogP contribution in [0.15, 0.2) is 23.2 Å². The first-order valence-corrected chi connectivity index (χ1v) is 9.21. The molecule has 0 aromatic heterocycles. The summed E-state index contributed by atoms with van der Waals surface area (Å²) in [4.78, 5) is 15.9. The van der Waals surface area contributed by atoms with Crippen molar-refractivity contribution < 1.29 is 22.7 Å². The number of benzene rings is 1. The third-order valence-electron chi connectivity index (χ3n) is 3.61. The highest BCUT2D eigenvalue weighted by Gasteiger charge is 2.28. The number of aliphatic imine (C=N–C) groups is 1. The van der Waals surface area contributed by atoms with Crippen LogP contribution in [0.1, 0.15) is 31.9 Å². The molecule has 9 heteroatoms. The number of nitrogens with one attached hydrogen (secondary N) is 3. The summed E-state index contributed by atoms with van der Waals surface area (Å²) in [5.41, 5.74) is 1.36. The number of aryl methyl sites for hydroxylation is 1. The minimum absolute atomic E-state index is 0.0325. The number of hydrogen-bond acceptors (Lipinski definition) is 3. The van der Waals surface area contributed by atoms with Gasteiger partial charge in [0.1, 0.15) is 5.75 Å². The van der Waals surface area contributed by atoms with E-state index in [1.807, 2.05) is 20.8 Å². The van der Waals surface area contributed by atoms with Crippen LogP contribution in [0.25, 0.3) is 0 Å². The van der Waals surface area contributed by atoms with E-state index in [2.05, 4.69) is 20.9 Å². The Morgan fingerprint density at radius 3 is 2.46 bits per heavy atom. The Balaban J connectivity index is 2.71. The number of amides is 1. The third kappa shape index (κ3) is 9.48.